The van der Waals surface area contributed by atoms with Gasteiger partial charge in [-0.05, 0) is 91.5 Å². The number of hydrogen-bond donors (Lipinski definition) is 2. The molecule has 0 bridgehead atoms. The number of anilines is 1. The van der Waals surface area contributed by atoms with Crippen LogP contribution in [0.4, 0.5) is 10.1 Å². The molecule has 2 saturated carbocycles. The fraction of sp³-hybridized carbons (Fsp3) is 0.375. The number of esters is 1. The lowest BCUT2D eigenvalue weighted by atomic mass is 9.70. The number of fused-ring (bicyclic) bond motifs is 1. The summed E-state index contributed by atoms with van der Waals surface area (Å²) in [5, 5.41) is 8.20. The van der Waals surface area contributed by atoms with Crippen molar-refractivity contribution in [3.05, 3.63) is 100 Å². The smallest absolute Gasteiger partial charge is 0.312 e. The molecule has 2 fully saturated rings. The highest BCUT2D eigenvalue weighted by Gasteiger charge is 2.40. The average Bonchev–Trinajstić information content (AvgIpc) is 3.10. The number of nitrogens with one attached hydrogen (secondary N) is 2. The maximum atomic E-state index is 15.3. The van der Waals surface area contributed by atoms with Gasteiger partial charge in [0.1, 0.15) is 12.4 Å². The van der Waals surface area contributed by atoms with Crippen LogP contribution in [0, 0.1) is 16.6 Å². The first kappa shape index (κ1) is 35.2. The number of amides is 2. The van der Waals surface area contributed by atoms with Crippen molar-refractivity contribution in [1.82, 2.24) is 5.32 Å². The second-order valence-corrected chi connectivity index (χ2v) is 14.5. The highest BCUT2D eigenvalue weighted by molar-refractivity contribution is 6.31. The number of carbonyl (C=O) groups is 3. The van der Waals surface area contributed by atoms with Gasteiger partial charge in [0.25, 0.3) is 11.8 Å². The van der Waals surface area contributed by atoms with E-state index >= 15 is 4.39 Å². The lowest BCUT2D eigenvalue weighted by Crippen LogP contribution is -2.40. The standard InChI is InChI=1S/C40H42ClFN2O6/c1-39(16-7-17-39)24-43-36(45)30-13-12-27(41)20-33(30)44-37(46)31-21-35(32(42)22-34(31)48-3)50-28-14-18-40(2,19-15-28)38(47)49-23-26-10-6-9-25-8-4-5-11-29(25)26/h4-6,8-13,20-22,28H,7,14-19,23-24H2,1-3H3,(H,43,45)(H,44,46)/t28-,40+. The topological polar surface area (TPSA) is 103 Å². The molecular weight excluding hydrogens is 659 g/mol. The molecule has 4 aromatic carbocycles. The molecule has 0 unspecified atom stereocenters. The van der Waals surface area contributed by atoms with Crippen LogP contribution in [0.1, 0.15) is 85.1 Å². The van der Waals surface area contributed by atoms with Crippen LogP contribution in [-0.2, 0) is 16.1 Å². The van der Waals surface area contributed by atoms with Crippen molar-refractivity contribution >= 4 is 45.8 Å². The van der Waals surface area contributed by atoms with Gasteiger partial charge in [-0.15, -0.1) is 0 Å². The first-order chi connectivity index (χ1) is 24.0. The summed E-state index contributed by atoms with van der Waals surface area (Å²) in [5.74, 6) is -2.02. The maximum absolute atomic E-state index is 15.3. The van der Waals surface area contributed by atoms with E-state index in [0.29, 0.717) is 37.3 Å². The summed E-state index contributed by atoms with van der Waals surface area (Å²) in [6.07, 6.45) is 4.83. The summed E-state index contributed by atoms with van der Waals surface area (Å²) in [4.78, 5) is 40.0. The third-order valence-corrected chi connectivity index (χ3v) is 10.5. The molecule has 0 saturated heterocycles. The molecule has 0 aliphatic heterocycles. The van der Waals surface area contributed by atoms with Crippen LogP contribution >= 0.6 is 11.6 Å². The zero-order chi connectivity index (χ0) is 35.5. The first-order valence-electron chi connectivity index (χ1n) is 17.0. The Kier molecular flexibility index (Phi) is 10.3. The van der Waals surface area contributed by atoms with Crippen LogP contribution in [-0.4, -0.2) is 37.5 Å². The summed E-state index contributed by atoms with van der Waals surface area (Å²) in [6.45, 7) is 4.73. The van der Waals surface area contributed by atoms with E-state index in [-0.39, 0.29) is 58.3 Å². The Morgan fingerprint density at radius 1 is 0.880 bits per heavy atom. The van der Waals surface area contributed by atoms with Gasteiger partial charge in [0.15, 0.2) is 11.6 Å². The molecule has 10 heteroatoms. The van der Waals surface area contributed by atoms with E-state index in [9.17, 15) is 14.4 Å². The van der Waals surface area contributed by atoms with Crippen LogP contribution in [0.15, 0.2) is 72.8 Å². The molecule has 0 spiro atoms. The minimum atomic E-state index is -0.704. The minimum Gasteiger partial charge on any atom is -0.496 e. The number of methoxy groups -OCH3 is 1. The lowest BCUT2D eigenvalue weighted by Gasteiger charge is -2.38. The van der Waals surface area contributed by atoms with E-state index in [4.69, 9.17) is 25.8 Å². The number of halogens is 2. The molecule has 50 heavy (non-hydrogen) atoms. The summed E-state index contributed by atoms with van der Waals surface area (Å²) >= 11 is 6.25. The molecule has 2 amide bonds. The van der Waals surface area contributed by atoms with Crippen molar-refractivity contribution in [3.8, 4) is 11.5 Å². The van der Waals surface area contributed by atoms with Gasteiger partial charge in [-0.3, -0.25) is 14.4 Å². The Morgan fingerprint density at radius 3 is 2.34 bits per heavy atom. The van der Waals surface area contributed by atoms with Gasteiger partial charge < -0.3 is 24.8 Å². The second-order valence-electron chi connectivity index (χ2n) is 14.1. The predicted molar refractivity (Wildman–Crippen MR) is 191 cm³/mol. The Labute approximate surface area is 296 Å². The summed E-state index contributed by atoms with van der Waals surface area (Å²) in [5.41, 5.74) is 0.803. The summed E-state index contributed by atoms with van der Waals surface area (Å²) < 4.78 is 32.5. The summed E-state index contributed by atoms with van der Waals surface area (Å²) in [6, 6.07) is 21.0. The first-order valence-corrected chi connectivity index (χ1v) is 17.4. The van der Waals surface area contributed by atoms with E-state index in [1.807, 2.05) is 49.4 Å². The molecule has 0 aromatic heterocycles. The Balaban J connectivity index is 1.10. The SMILES string of the molecule is COc1cc(F)c(O[C@H]2CC[C@@](C)(C(=O)OCc3cccc4ccccc34)CC2)cc1C(=O)Nc1cc(Cl)ccc1C(=O)NCC1(C)CCC1. The minimum absolute atomic E-state index is 0.00319. The zero-order valence-corrected chi connectivity index (χ0v) is 29.3. The van der Waals surface area contributed by atoms with Crippen molar-refractivity contribution in [2.75, 3.05) is 19.0 Å². The van der Waals surface area contributed by atoms with Crippen molar-refractivity contribution in [1.29, 1.82) is 0 Å². The van der Waals surface area contributed by atoms with E-state index in [1.54, 1.807) is 12.1 Å². The fourth-order valence-corrected chi connectivity index (χ4v) is 6.96. The highest BCUT2D eigenvalue weighted by Crippen LogP contribution is 2.41. The molecule has 2 N–H and O–H groups in total. The van der Waals surface area contributed by atoms with Crippen LogP contribution in [0.3, 0.4) is 0 Å². The van der Waals surface area contributed by atoms with Gasteiger partial charge in [-0.25, -0.2) is 4.39 Å². The molecule has 6 rings (SSSR count). The van der Waals surface area contributed by atoms with Gasteiger partial charge >= 0.3 is 5.97 Å². The van der Waals surface area contributed by atoms with E-state index in [2.05, 4.69) is 17.6 Å². The Bertz CT molecular complexity index is 1910. The monoisotopic (exact) mass is 700 g/mol. The van der Waals surface area contributed by atoms with Crippen molar-refractivity contribution in [2.45, 2.75) is 71.5 Å². The lowest BCUT2D eigenvalue weighted by molar-refractivity contribution is -0.159. The van der Waals surface area contributed by atoms with E-state index in [1.165, 1.54) is 19.2 Å². The predicted octanol–water partition coefficient (Wildman–Crippen LogP) is 8.88. The molecule has 8 nitrogen and oxygen atoms in total. The van der Waals surface area contributed by atoms with Crippen LogP contribution < -0.4 is 20.1 Å². The molecule has 2 aliphatic carbocycles. The molecule has 262 valence electrons. The zero-order valence-electron chi connectivity index (χ0n) is 28.6. The Hall–Kier alpha value is -4.63. The van der Waals surface area contributed by atoms with Crippen molar-refractivity contribution in [2.24, 2.45) is 10.8 Å². The average molecular weight is 701 g/mol. The highest BCUT2D eigenvalue weighted by atomic mass is 35.5. The summed E-state index contributed by atoms with van der Waals surface area (Å²) in [7, 11) is 1.34. The van der Waals surface area contributed by atoms with Crippen LogP contribution in [0.5, 0.6) is 11.5 Å². The van der Waals surface area contributed by atoms with Crippen molar-refractivity contribution in [3.63, 3.8) is 0 Å². The van der Waals surface area contributed by atoms with Gasteiger partial charge in [0.2, 0.25) is 0 Å². The normalized spacial score (nSPS) is 19.6. The van der Waals surface area contributed by atoms with Gasteiger partial charge in [0, 0.05) is 17.6 Å². The van der Waals surface area contributed by atoms with Crippen LogP contribution in [0.25, 0.3) is 10.8 Å². The number of rotatable bonds is 11. The van der Waals surface area contributed by atoms with Gasteiger partial charge in [-0.2, -0.15) is 0 Å². The largest absolute Gasteiger partial charge is 0.496 e. The molecule has 4 aromatic rings. The Morgan fingerprint density at radius 2 is 1.62 bits per heavy atom. The quantitative estimate of drug-likeness (QED) is 0.152. The number of hydrogen-bond acceptors (Lipinski definition) is 6. The molecule has 0 heterocycles. The molecule has 2 aliphatic rings. The third-order valence-electron chi connectivity index (χ3n) is 10.3. The molecule has 0 atom stereocenters. The number of benzene rings is 4. The second kappa shape index (κ2) is 14.7. The van der Waals surface area contributed by atoms with Gasteiger partial charge in [-0.1, -0.05) is 67.4 Å². The van der Waals surface area contributed by atoms with Gasteiger partial charge in [0.05, 0.1) is 35.4 Å². The van der Waals surface area contributed by atoms with E-state index in [0.717, 1.165) is 41.7 Å². The fourth-order valence-electron chi connectivity index (χ4n) is 6.79. The third kappa shape index (κ3) is 7.73. The molecule has 0 radical (unpaired) electrons. The maximum Gasteiger partial charge on any atom is 0.312 e. The van der Waals surface area contributed by atoms with Crippen LogP contribution in [0.2, 0.25) is 5.02 Å². The van der Waals surface area contributed by atoms with Crippen molar-refractivity contribution < 1.29 is 33.0 Å². The number of ether oxygens (including phenoxy) is 3. The van der Waals surface area contributed by atoms with E-state index < -0.39 is 17.1 Å². The molecular formula is C40H42ClFN2O6. The number of carbonyl (C=O) groups excluding carboxylic acids is 3.